The van der Waals surface area contributed by atoms with Crippen molar-refractivity contribution in [2.45, 2.75) is 12.8 Å². The maximum atomic E-state index is 13.1. The molecule has 0 aliphatic carbocycles. The fourth-order valence-corrected chi connectivity index (χ4v) is 2.68. The van der Waals surface area contributed by atoms with Crippen LogP contribution in [-0.4, -0.2) is 67.7 Å². The molecule has 2 aromatic rings. The van der Waals surface area contributed by atoms with Gasteiger partial charge in [-0.2, -0.15) is 8.42 Å². The molecule has 208 valence electrons. The fourth-order valence-electron chi connectivity index (χ4n) is 2.30. The van der Waals surface area contributed by atoms with Gasteiger partial charge in [0.1, 0.15) is 0 Å². The number of hydrogen-bond acceptors (Lipinski definition) is 12. The lowest BCUT2D eigenvalue weighted by molar-refractivity contribution is -0.385. The Bertz CT molecular complexity index is 1330. The largest absolute Gasteiger partial charge is 0.505 e. The van der Waals surface area contributed by atoms with Gasteiger partial charge in [-0.05, 0) is 6.42 Å². The van der Waals surface area contributed by atoms with Crippen LogP contribution in [0.2, 0.25) is 0 Å². The molecule has 0 saturated heterocycles. The highest BCUT2D eigenvalue weighted by atomic mass is 35.7. The lowest BCUT2D eigenvalue weighted by atomic mass is 10.1. The van der Waals surface area contributed by atoms with Crippen molar-refractivity contribution in [1.29, 1.82) is 0 Å². The molecule has 0 fully saturated rings. The number of halogens is 3. The van der Waals surface area contributed by atoms with Gasteiger partial charge in [-0.3, -0.25) is 24.4 Å². The molecule has 0 aliphatic rings. The van der Waals surface area contributed by atoms with E-state index in [-0.39, 0.29) is 37.2 Å². The second-order valence-electron chi connectivity index (χ2n) is 6.82. The molecule has 3 N–H and O–H groups in total. The molecule has 0 amide bonds. The molecular formula is C18H21ClF2N2O12S2. The summed E-state index contributed by atoms with van der Waals surface area (Å²) in [5, 5.41) is 47.8. The van der Waals surface area contributed by atoms with Crippen LogP contribution in [0.15, 0.2) is 24.3 Å². The Morgan fingerprint density at radius 2 is 1.22 bits per heavy atom. The summed E-state index contributed by atoms with van der Waals surface area (Å²) < 4.78 is 70.6. The van der Waals surface area contributed by atoms with Crippen LogP contribution in [0.1, 0.15) is 11.1 Å². The Balaban J connectivity index is 0.000000605. The van der Waals surface area contributed by atoms with Crippen molar-refractivity contribution in [3.8, 4) is 11.5 Å². The first-order valence-corrected chi connectivity index (χ1v) is 14.0. The molecule has 19 heteroatoms. The van der Waals surface area contributed by atoms with Gasteiger partial charge in [-0.25, -0.2) is 17.2 Å². The van der Waals surface area contributed by atoms with Crippen molar-refractivity contribution in [3.63, 3.8) is 0 Å². The number of nitro groups is 2. The van der Waals surface area contributed by atoms with Crippen molar-refractivity contribution >= 4 is 41.2 Å². The number of rotatable bonds is 8. The number of benzene rings is 2. The highest BCUT2D eigenvalue weighted by molar-refractivity contribution is 8.13. The summed E-state index contributed by atoms with van der Waals surface area (Å²) in [7, 11) is -2.35. The third-order valence-electron chi connectivity index (χ3n) is 3.73. The quantitative estimate of drug-likeness (QED) is 0.173. The van der Waals surface area contributed by atoms with Crippen molar-refractivity contribution in [2.24, 2.45) is 0 Å². The molecule has 0 aliphatic heterocycles. The molecule has 0 unspecified atom stereocenters. The van der Waals surface area contributed by atoms with Crippen molar-refractivity contribution < 1.29 is 55.0 Å². The standard InChI is InChI=1S/C9H10FNO6S.C8H8FNO4.CH3ClO2S/c1-18(15,16)17-3-2-6-4-7(11(13)14)5-8(10)9(6)12;9-7-4-6(10(13)14)3-5(1-2-11)8(7)12;1-5(2,3)4/h4-5,12H,2-3H2,1H3;3-4,11-12H,1-2H2;1H3. The third kappa shape index (κ3) is 14.2. The van der Waals surface area contributed by atoms with Crippen molar-refractivity contribution in [1.82, 2.24) is 0 Å². The van der Waals surface area contributed by atoms with Crippen molar-refractivity contribution in [3.05, 3.63) is 67.3 Å². The van der Waals surface area contributed by atoms with Crippen LogP contribution >= 0.6 is 10.7 Å². The van der Waals surface area contributed by atoms with E-state index in [4.69, 9.17) is 10.2 Å². The van der Waals surface area contributed by atoms with Crippen LogP contribution in [0, 0.1) is 31.9 Å². The van der Waals surface area contributed by atoms with Gasteiger partial charge in [0, 0.05) is 47.0 Å². The SMILES string of the molecule is CS(=O)(=O)Cl.CS(=O)(=O)OCCc1cc([N+](=O)[O-])cc(F)c1O.O=[N+]([O-])c1cc(F)c(O)c(CCO)c1. The van der Waals surface area contributed by atoms with E-state index in [0.29, 0.717) is 12.1 Å². The Labute approximate surface area is 213 Å². The molecule has 2 aromatic carbocycles. The topological polar surface area (TPSA) is 224 Å². The van der Waals surface area contributed by atoms with Crippen LogP contribution in [0.25, 0.3) is 0 Å². The lowest BCUT2D eigenvalue weighted by Crippen LogP contribution is -2.07. The van der Waals surface area contributed by atoms with Gasteiger partial charge in [-0.1, -0.05) is 0 Å². The summed E-state index contributed by atoms with van der Waals surface area (Å²) >= 11 is 0. The summed E-state index contributed by atoms with van der Waals surface area (Å²) in [4.78, 5) is 19.2. The van der Waals surface area contributed by atoms with E-state index in [1.165, 1.54) is 0 Å². The smallest absolute Gasteiger partial charge is 0.272 e. The minimum Gasteiger partial charge on any atom is -0.505 e. The van der Waals surface area contributed by atoms with Crippen LogP contribution in [0.3, 0.4) is 0 Å². The first kappa shape index (κ1) is 33.8. The zero-order valence-electron chi connectivity index (χ0n) is 19.0. The van der Waals surface area contributed by atoms with Gasteiger partial charge in [0.25, 0.3) is 21.5 Å². The highest BCUT2D eigenvalue weighted by Gasteiger charge is 2.17. The maximum Gasteiger partial charge on any atom is 0.272 e. The number of aliphatic hydroxyl groups excluding tert-OH is 1. The second-order valence-corrected chi connectivity index (χ2v) is 11.5. The minimum atomic E-state index is -3.65. The molecule has 0 aromatic heterocycles. The molecule has 37 heavy (non-hydrogen) atoms. The number of phenols is 2. The molecule has 2 rings (SSSR count). The van der Waals surface area contributed by atoms with E-state index >= 15 is 0 Å². The minimum absolute atomic E-state index is 0.0234. The van der Waals surface area contributed by atoms with Gasteiger partial charge in [0.15, 0.2) is 23.1 Å². The van der Waals surface area contributed by atoms with Crippen LogP contribution in [-0.2, 0) is 36.2 Å². The second kappa shape index (κ2) is 14.5. The van der Waals surface area contributed by atoms with Gasteiger partial charge in [0.05, 0.1) is 41.1 Å². The van der Waals surface area contributed by atoms with Crippen molar-refractivity contribution in [2.75, 3.05) is 25.7 Å². The first-order valence-electron chi connectivity index (χ1n) is 9.43. The van der Waals surface area contributed by atoms with Crippen LogP contribution in [0.4, 0.5) is 20.2 Å². The molecule has 0 bridgehead atoms. The molecule has 0 saturated carbocycles. The van der Waals surface area contributed by atoms with E-state index in [0.717, 1.165) is 24.6 Å². The van der Waals surface area contributed by atoms with E-state index in [2.05, 4.69) is 14.9 Å². The average Bonchev–Trinajstić information content (AvgIpc) is 2.72. The average molecular weight is 595 g/mol. The summed E-state index contributed by atoms with van der Waals surface area (Å²) in [6, 6.07) is 3.21. The van der Waals surface area contributed by atoms with E-state index < -0.39 is 63.5 Å². The predicted molar refractivity (Wildman–Crippen MR) is 125 cm³/mol. The number of hydrogen-bond donors (Lipinski definition) is 3. The highest BCUT2D eigenvalue weighted by Crippen LogP contribution is 2.28. The number of nitro benzene ring substituents is 2. The molecule has 0 radical (unpaired) electrons. The zero-order valence-corrected chi connectivity index (χ0v) is 21.4. The van der Waals surface area contributed by atoms with Gasteiger partial charge >= 0.3 is 0 Å². The Kier molecular flexibility index (Phi) is 13.3. The normalized spacial score (nSPS) is 11.0. The summed E-state index contributed by atoms with van der Waals surface area (Å²) in [6.07, 6.45) is 1.57. The van der Waals surface area contributed by atoms with Gasteiger partial charge in [-0.15, -0.1) is 0 Å². The fraction of sp³-hybridized carbons (Fsp3) is 0.333. The third-order valence-corrected chi connectivity index (χ3v) is 4.32. The molecule has 0 atom stereocenters. The number of non-ortho nitro benzene ring substituents is 2. The van der Waals surface area contributed by atoms with Crippen LogP contribution in [0.5, 0.6) is 11.5 Å². The van der Waals surface area contributed by atoms with Gasteiger partial charge < -0.3 is 15.3 Å². The molecule has 14 nitrogen and oxygen atoms in total. The zero-order chi connectivity index (χ0) is 29.1. The summed E-state index contributed by atoms with van der Waals surface area (Å²) in [6.45, 7) is -0.652. The predicted octanol–water partition coefficient (Wildman–Crippen LogP) is 2.12. The monoisotopic (exact) mass is 594 g/mol. The van der Waals surface area contributed by atoms with E-state index in [1.807, 2.05) is 0 Å². The molecular weight excluding hydrogens is 574 g/mol. The summed E-state index contributed by atoms with van der Waals surface area (Å²) in [5.41, 5.74) is -1.03. The first-order chi connectivity index (χ1) is 16.8. The molecule has 0 heterocycles. The number of aromatic hydroxyl groups is 2. The molecule has 0 spiro atoms. The lowest BCUT2D eigenvalue weighted by Gasteiger charge is -2.05. The summed E-state index contributed by atoms with van der Waals surface area (Å²) in [5.74, 6) is -3.59. The maximum absolute atomic E-state index is 13.1. The Hall–Kier alpha value is -3.19. The Morgan fingerprint density at radius 1 is 0.865 bits per heavy atom. The van der Waals surface area contributed by atoms with E-state index in [1.54, 1.807) is 0 Å². The van der Waals surface area contributed by atoms with Crippen LogP contribution < -0.4 is 0 Å². The number of aliphatic hydroxyl groups is 1. The van der Waals surface area contributed by atoms with Gasteiger partial charge in [0.2, 0.25) is 9.05 Å². The van der Waals surface area contributed by atoms with E-state index in [9.17, 15) is 51.0 Å². The Morgan fingerprint density at radius 3 is 1.51 bits per heavy atom. The number of phenolic OH excluding ortho intramolecular Hbond substituents is 2. The number of nitrogens with zero attached hydrogens (tertiary/aromatic N) is 2.